The molecule has 0 atom stereocenters. The van der Waals surface area contributed by atoms with Gasteiger partial charge in [-0.25, -0.2) is 0 Å². The zero-order valence-corrected chi connectivity index (χ0v) is 10.6. The highest BCUT2D eigenvalue weighted by atomic mass is 16.5. The fourth-order valence-electron chi connectivity index (χ4n) is 1.90. The summed E-state index contributed by atoms with van der Waals surface area (Å²) < 4.78 is 5.26. The van der Waals surface area contributed by atoms with Crippen molar-refractivity contribution in [3.63, 3.8) is 0 Å². The van der Waals surface area contributed by atoms with Crippen LogP contribution in [0.3, 0.4) is 0 Å². The van der Waals surface area contributed by atoms with Gasteiger partial charge in [-0.05, 0) is 39.5 Å². The second-order valence-electron chi connectivity index (χ2n) is 5.29. The third-order valence-corrected chi connectivity index (χ3v) is 3.38. The maximum Gasteiger partial charge on any atom is 0.223 e. The van der Waals surface area contributed by atoms with Gasteiger partial charge in [0.15, 0.2) is 0 Å². The zero-order chi connectivity index (χ0) is 12.2. The Morgan fingerprint density at radius 3 is 2.44 bits per heavy atom. The molecule has 0 heterocycles. The molecule has 0 spiro atoms. The number of ether oxygens (including phenoxy) is 1. The summed E-state index contributed by atoms with van der Waals surface area (Å²) in [6.07, 6.45) is 3.76. The van der Waals surface area contributed by atoms with Crippen molar-refractivity contribution < 1.29 is 9.53 Å². The number of amides is 1. The van der Waals surface area contributed by atoms with Crippen molar-refractivity contribution in [1.29, 1.82) is 0 Å². The van der Waals surface area contributed by atoms with Crippen LogP contribution in [-0.4, -0.2) is 31.2 Å². The van der Waals surface area contributed by atoms with Gasteiger partial charge in [0.05, 0.1) is 5.60 Å². The van der Waals surface area contributed by atoms with Gasteiger partial charge in [0.25, 0.3) is 0 Å². The van der Waals surface area contributed by atoms with Crippen LogP contribution >= 0.6 is 0 Å². The molecule has 0 aromatic heterocycles. The highest BCUT2D eigenvalue weighted by Crippen LogP contribution is 2.23. The maximum atomic E-state index is 11.9. The van der Waals surface area contributed by atoms with Gasteiger partial charge in [-0.3, -0.25) is 4.79 Å². The van der Waals surface area contributed by atoms with Crippen molar-refractivity contribution in [2.75, 3.05) is 13.7 Å². The Morgan fingerprint density at radius 2 is 1.94 bits per heavy atom. The first-order valence-electron chi connectivity index (χ1n) is 6.03. The minimum atomic E-state index is -0.291. The van der Waals surface area contributed by atoms with Crippen LogP contribution in [0.4, 0.5) is 0 Å². The fraction of sp³-hybridized carbons (Fsp3) is 0.917. The maximum absolute atomic E-state index is 11.9. The SMILES string of the molecule is COC(C)(C)CNC(=O)C1CCC(N)CC1. The Hall–Kier alpha value is -0.610. The number of carbonyl (C=O) groups excluding carboxylic acids is 1. The van der Waals surface area contributed by atoms with Gasteiger partial charge in [0.2, 0.25) is 5.91 Å². The van der Waals surface area contributed by atoms with Crippen molar-refractivity contribution in [3.05, 3.63) is 0 Å². The first kappa shape index (κ1) is 13.5. The molecule has 4 nitrogen and oxygen atoms in total. The summed E-state index contributed by atoms with van der Waals surface area (Å²) in [4.78, 5) is 11.9. The Bertz CT molecular complexity index is 233. The van der Waals surface area contributed by atoms with Crippen molar-refractivity contribution in [2.24, 2.45) is 11.7 Å². The molecule has 1 saturated carbocycles. The Morgan fingerprint density at radius 1 is 1.38 bits per heavy atom. The molecule has 1 rings (SSSR count). The van der Waals surface area contributed by atoms with Crippen LogP contribution in [-0.2, 0) is 9.53 Å². The number of methoxy groups -OCH3 is 1. The lowest BCUT2D eigenvalue weighted by molar-refractivity contribution is -0.127. The molecule has 1 aliphatic carbocycles. The molecule has 0 saturated heterocycles. The van der Waals surface area contributed by atoms with Crippen molar-refractivity contribution in [3.8, 4) is 0 Å². The molecule has 16 heavy (non-hydrogen) atoms. The first-order chi connectivity index (χ1) is 7.44. The third kappa shape index (κ3) is 4.10. The number of hydrogen-bond acceptors (Lipinski definition) is 3. The van der Waals surface area contributed by atoms with Crippen molar-refractivity contribution in [2.45, 2.75) is 51.2 Å². The second kappa shape index (κ2) is 5.64. The van der Waals surface area contributed by atoms with Gasteiger partial charge in [-0.1, -0.05) is 0 Å². The molecular formula is C12H24N2O2. The van der Waals surface area contributed by atoms with E-state index in [4.69, 9.17) is 10.5 Å². The van der Waals surface area contributed by atoms with E-state index in [0.29, 0.717) is 12.6 Å². The van der Waals surface area contributed by atoms with Crippen LogP contribution in [0.1, 0.15) is 39.5 Å². The van der Waals surface area contributed by atoms with Gasteiger partial charge in [-0.15, -0.1) is 0 Å². The molecule has 3 N–H and O–H groups in total. The molecule has 0 aromatic rings. The van der Waals surface area contributed by atoms with E-state index >= 15 is 0 Å². The van der Waals surface area contributed by atoms with E-state index in [1.54, 1.807) is 7.11 Å². The Balaban J connectivity index is 2.30. The standard InChI is InChI=1S/C12H24N2O2/c1-12(2,16-3)8-14-11(15)9-4-6-10(13)7-5-9/h9-10H,4-8,13H2,1-3H3,(H,14,15). The molecule has 1 fully saturated rings. The Labute approximate surface area is 97.9 Å². The predicted molar refractivity (Wildman–Crippen MR) is 64.0 cm³/mol. The van der Waals surface area contributed by atoms with Crippen LogP contribution in [0.2, 0.25) is 0 Å². The molecule has 4 heteroatoms. The zero-order valence-electron chi connectivity index (χ0n) is 10.6. The third-order valence-electron chi connectivity index (χ3n) is 3.38. The Kier molecular flexibility index (Phi) is 4.74. The van der Waals surface area contributed by atoms with Gasteiger partial charge < -0.3 is 15.8 Å². The molecular weight excluding hydrogens is 204 g/mol. The summed E-state index contributed by atoms with van der Waals surface area (Å²) in [5.41, 5.74) is 5.52. The van der Waals surface area contributed by atoms with E-state index in [9.17, 15) is 4.79 Å². The average Bonchev–Trinajstić information content (AvgIpc) is 2.27. The van der Waals surface area contributed by atoms with Crippen LogP contribution in [0, 0.1) is 5.92 Å². The summed E-state index contributed by atoms with van der Waals surface area (Å²) in [5.74, 6) is 0.296. The summed E-state index contributed by atoms with van der Waals surface area (Å²) in [7, 11) is 1.66. The molecule has 0 unspecified atom stereocenters. The van der Waals surface area contributed by atoms with Gasteiger partial charge in [0.1, 0.15) is 0 Å². The minimum Gasteiger partial charge on any atom is -0.377 e. The molecule has 0 radical (unpaired) electrons. The number of rotatable bonds is 4. The summed E-state index contributed by atoms with van der Waals surface area (Å²) in [6.45, 7) is 4.49. The normalized spacial score (nSPS) is 26.5. The van der Waals surface area contributed by atoms with Crippen LogP contribution in [0.25, 0.3) is 0 Å². The molecule has 1 amide bonds. The number of nitrogens with two attached hydrogens (primary N) is 1. The largest absolute Gasteiger partial charge is 0.377 e. The second-order valence-corrected chi connectivity index (χ2v) is 5.29. The molecule has 0 bridgehead atoms. The number of carbonyl (C=O) groups is 1. The average molecular weight is 228 g/mol. The lowest BCUT2D eigenvalue weighted by atomic mass is 9.86. The fourth-order valence-corrected chi connectivity index (χ4v) is 1.90. The highest BCUT2D eigenvalue weighted by molar-refractivity contribution is 5.78. The van der Waals surface area contributed by atoms with Gasteiger partial charge in [0, 0.05) is 25.6 Å². The van der Waals surface area contributed by atoms with E-state index < -0.39 is 0 Å². The monoisotopic (exact) mass is 228 g/mol. The van der Waals surface area contributed by atoms with E-state index in [1.165, 1.54) is 0 Å². The molecule has 0 aromatic carbocycles. The number of nitrogens with one attached hydrogen (secondary N) is 1. The van der Waals surface area contributed by atoms with Gasteiger partial charge in [-0.2, -0.15) is 0 Å². The smallest absolute Gasteiger partial charge is 0.223 e. The molecule has 0 aliphatic heterocycles. The van der Waals surface area contributed by atoms with E-state index in [-0.39, 0.29) is 17.4 Å². The highest BCUT2D eigenvalue weighted by Gasteiger charge is 2.26. The topological polar surface area (TPSA) is 64.3 Å². The number of hydrogen-bond donors (Lipinski definition) is 2. The van der Waals surface area contributed by atoms with E-state index in [0.717, 1.165) is 25.7 Å². The predicted octanol–water partition coefficient (Wildman–Crippen LogP) is 1.05. The summed E-state index contributed by atoms with van der Waals surface area (Å²) in [6, 6.07) is 0.291. The summed E-state index contributed by atoms with van der Waals surface area (Å²) in [5, 5.41) is 2.95. The summed E-state index contributed by atoms with van der Waals surface area (Å²) >= 11 is 0. The molecule has 1 aliphatic rings. The van der Waals surface area contributed by atoms with Gasteiger partial charge >= 0.3 is 0 Å². The van der Waals surface area contributed by atoms with Crippen LogP contribution in [0.15, 0.2) is 0 Å². The van der Waals surface area contributed by atoms with Crippen LogP contribution in [0.5, 0.6) is 0 Å². The van der Waals surface area contributed by atoms with Crippen molar-refractivity contribution >= 4 is 5.91 Å². The van der Waals surface area contributed by atoms with E-state index in [2.05, 4.69) is 5.32 Å². The quantitative estimate of drug-likeness (QED) is 0.756. The molecule has 94 valence electrons. The van der Waals surface area contributed by atoms with E-state index in [1.807, 2.05) is 13.8 Å². The van der Waals surface area contributed by atoms with Crippen molar-refractivity contribution in [1.82, 2.24) is 5.32 Å². The first-order valence-corrected chi connectivity index (χ1v) is 6.03. The lowest BCUT2D eigenvalue weighted by Crippen LogP contribution is -2.43. The lowest BCUT2D eigenvalue weighted by Gasteiger charge is -2.28. The minimum absolute atomic E-state index is 0.146. The van der Waals surface area contributed by atoms with Crippen LogP contribution < -0.4 is 11.1 Å².